The zero-order valence-corrected chi connectivity index (χ0v) is 12.6. The summed E-state index contributed by atoms with van der Waals surface area (Å²) >= 11 is 0. The van der Waals surface area contributed by atoms with Crippen LogP contribution in [-0.4, -0.2) is 32.5 Å². The summed E-state index contributed by atoms with van der Waals surface area (Å²) in [4.78, 5) is 0. The fourth-order valence-electron chi connectivity index (χ4n) is 2.97. The molecule has 1 aromatic rings. The molecule has 116 valence electrons. The lowest BCUT2D eigenvalue weighted by atomic mass is 10.2. The second-order valence-corrected chi connectivity index (χ2v) is 5.75. The molecule has 1 aromatic carbocycles. The lowest BCUT2D eigenvalue weighted by molar-refractivity contribution is 0.0602. The predicted molar refractivity (Wildman–Crippen MR) is 82.0 cm³/mol. The zero-order chi connectivity index (χ0) is 14.3. The maximum absolute atomic E-state index is 5.86. The van der Waals surface area contributed by atoms with E-state index in [9.17, 15) is 0 Å². The molecule has 0 atom stereocenters. The van der Waals surface area contributed by atoms with E-state index in [0.29, 0.717) is 6.10 Å². The first-order valence-corrected chi connectivity index (χ1v) is 8.13. The van der Waals surface area contributed by atoms with E-state index in [1.54, 1.807) is 0 Å². The van der Waals surface area contributed by atoms with Crippen molar-refractivity contribution >= 4 is 0 Å². The number of fused-ring (bicyclic) bond motifs is 1. The molecule has 1 saturated carbocycles. The average Bonchev–Trinajstić information content (AvgIpc) is 2.90. The molecule has 4 heteroatoms. The highest BCUT2D eigenvalue weighted by Crippen LogP contribution is 2.33. The van der Waals surface area contributed by atoms with Crippen LogP contribution >= 0.6 is 0 Å². The Bertz CT molecular complexity index is 444. The molecule has 1 fully saturated rings. The van der Waals surface area contributed by atoms with E-state index in [4.69, 9.17) is 14.2 Å². The van der Waals surface area contributed by atoms with Crippen LogP contribution in [0.3, 0.4) is 0 Å². The minimum Gasteiger partial charge on any atom is -0.490 e. The van der Waals surface area contributed by atoms with Crippen molar-refractivity contribution in [1.82, 2.24) is 5.32 Å². The maximum Gasteiger partial charge on any atom is 0.165 e. The quantitative estimate of drug-likeness (QED) is 0.818. The highest BCUT2D eigenvalue weighted by molar-refractivity contribution is 5.46. The molecule has 2 aliphatic rings. The number of hydrogen-bond donors (Lipinski definition) is 1. The van der Waals surface area contributed by atoms with E-state index in [1.165, 1.54) is 25.7 Å². The molecule has 3 rings (SSSR count). The third kappa shape index (κ3) is 4.11. The van der Waals surface area contributed by atoms with Crippen LogP contribution in [0.2, 0.25) is 0 Å². The first-order valence-electron chi connectivity index (χ1n) is 8.13. The molecule has 0 spiro atoms. The Morgan fingerprint density at radius 2 is 1.95 bits per heavy atom. The molecule has 0 bridgehead atoms. The van der Waals surface area contributed by atoms with E-state index >= 15 is 0 Å². The van der Waals surface area contributed by atoms with Gasteiger partial charge in [0.1, 0.15) is 0 Å². The number of rotatable bonds is 6. The van der Waals surface area contributed by atoms with E-state index < -0.39 is 0 Å². The average molecular weight is 291 g/mol. The highest BCUT2D eigenvalue weighted by Gasteiger charge is 2.15. The van der Waals surface area contributed by atoms with Crippen LogP contribution in [0.15, 0.2) is 18.2 Å². The Balaban J connectivity index is 1.44. The maximum atomic E-state index is 5.86. The lowest BCUT2D eigenvalue weighted by Crippen LogP contribution is -2.22. The van der Waals surface area contributed by atoms with Crippen molar-refractivity contribution in [3.05, 3.63) is 23.8 Å². The summed E-state index contributed by atoms with van der Waals surface area (Å²) in [6.45, 7) is 3.92. The van der Waals surface area contributed by atoms with E-state index in [0.717, 1.165) is 56.4 Å². The molecule has 0 radical (unpaired) electrons. The topological polar surface area (TPSA) is 39.7 Å². The van der Waals surface area contributed by atoms with Crippen molar-refractivity contribution in [2.45, 2.75) is 44.8 Å². The van der Waals surface area contributed by atoms with Crippen LogP contribution in [0.1, 0.15) is 37.7 Å². The molecule has 1 aliphatic carbocycles. The van der Waals surface area contributed by atoms with Crippen molar-refractivity contribution in [2.24, 2.45) is 0 Å². The molecule has 0 aromatic heterocycles. The van der Waals surface area contributed by atoms with Crippen molar-refractivity contribution in [3.8, 4) is 11.5 Å². The Kier molecular flexibility index (Phi) is 5.35. The van der Waals surface area contributed by atoms with Crippen LogP contribution < -0.4 is 14.8 Å². The van der Waals surface area contributed by atoms with Crippen molar-refractivity contribution in [1.29, 1.82) is 0 Å². The first kappa shape index (κ1) is 14.7. The number of para-hydroxylation sites is 1. The Hall–Kier alpha value is -1.26. The fourth-order valence-corrected chi connectivity index (χ4v) is 2.97. The van der Waals surface area contributed by atoms with Gasteiger partial charge in [0.25, 0.3) is 0 Å². The molecule has 1 heterocycles. The monoisotopic (exact) mass is 291 g/mol. The van der Waals surface area contributed by atoms with Crippen LogP contribution in [0.4, 0.5) is 0 Å². The highest BCUT2D eigenvalue weighted by atomic mass is 16.5. The summed E-state index contributed by atoms with van der Waals surface area (Å²) in [5, 5.41) is 3.44. The van der Waals surface area contributed by atoms with Gasteiger partial charge in [-0.1, -0.05) is 25.0 Å². The third-order valence-corrected chi connectivity index (χ3v) is 4.10. The number of hydrogen-bond acceptors (Lipinski definition) is 4. The molecule has 0 amide bonds. The third-order valence-electron chi connectivity index (χ3n) is 4.10. The van der Waals surface area contributed by atoms with Gasteiger partial charge in [0.15, 0.2) is 11.5 Å². The van der Waals surface area contributed by atoms with Crippen LogP contribution in [0, 0.1) is 0 Å². The fraction of sp³-hybridized carbons (Fsp3) is 0.647. The second-order valence-electron chi connectivity index (χ2n) is 5.75. The summed E-state index contributed by atoms with van der Waals surface area (Å²) in [5.41, 5.74) is 1.16. The van der Waals surface area contributed by atoms with Gasteiger partial charge in [-0.3, -0.25) is 0 Å². The molecular weight excluding hydrogens is 266 g/mol. The summed E-state index contributed by atoms with van der Waals surface area (Å²) in [5.74, 6) is 1.77. The molecule has 0 saturated heterocycles. The van der Waals surface area contributed by atoms with Crippen molar-refractivity contribution in [3.63, 3.8) is 0 Å². The number of benzene rings is 1. The van der Waals surface area contributed by atoms with Gasteiger partial charge >= 0.3 is 0 Å². The first-order chi connectivity index (χ1) is 10.4. The van der Waals surface area contributed by atoms with Gasteiger partial charge < -0.3 is 19.5 Å². The zero-order valence-electron chi connectivity index (χ0n) is 12.6. The predicted octanol–water partition coefficient (Wildman–Crippen LogP) is 2.90. The largest absolute Gasteiger partial charge is 0.490 e. The van der Waals surface area contributed by atoms with Crippen LogP contribution in [0.5, 0.6) is 11.5 Å². The smallest absolute Gasteiger partial charge is 0.165 e. The summed E-state index contributed by atoms with van der Waals surface area (Å²) in [6.07, 6.45) is 6.56. The van der Waals surface area contributed by atoms with Gasteiger partial charge in [0, 0.05) is 25.1 Å². The Morgan fingerprint density at radius 3 is 2.86 bits per heavy atom. The Labute approximate surface area is 126 Å². The van der Waals surface area contributed by atoms with Gasteiger partial charge in [-0.25, -0.2) is 0 Å². The summed E-state index contributed by atoms with van der Waals surface area (Å²) < 4.78 is 17.4. The van der Waals surface area contributed by atoms with Crippen LogP contribution in [-0.2, 0) is 11.3 Å². The molecule has 1 N–H and O–H groups in total. The van der Waals surface area contributed by atoms with E-state index in [-0.39, 0.29) is 0 Å². The normalized spacial score (nSPS) is 18.7. The van der Waals surface area contributed by atoms with Gasteiger partial charge in [-0.05, 0) is 18.9 Å². The lowest BCUT2D eigenvalue weighted by Gasteiger charge is -2.14. The van der Waals surface area contributed by atoms with Gasteiger partial charge in [0.2, 0.25) is 0 Å². The Morgan fingerprint density at radius 1 is 1.10 bits per heavy atom. The van der Waals surface area contributed by atoms with E-state index in [2.05, 4.69) is 11.4 Å². The standard InChI is InChI=1S/C17H25NO3/c1-2-7-15(6-1)19-12-9-18-13-14-5-3-8-16-17(14)21-11-4-10-20-16/h3,5,8,15,18H,1-2,4,6-7,9-13H2. The molecule has 0 unspecified atom stereocenters. The molecule has 1 aliphatic heterocycles. The second kappa shape index (κ2) is 7.66. The van der Waals surface area contributed by atoms with Gasteiger partial charge in [-0.2, -0.15) is 0 Å². The minimum atomic E-state index is 0.497. The summed E-state index contributed by atoms with van der Waals surface area (Å²) in [6, 6.07) is 6.10. The van der Waals surface area contributed by atoms with Crippen molar-refractivity contribution in [2.75, 3.05) is 26.4 Å². The molecule has 21 heavy (non-hydrogen) atoms. The van der Waals surface area contributed by atoms with Crippen molar-refractivity contribution < 1.29 is 14.2 Å². The molecular formula is C17H25NO3. The SMILES string of the molecule is c1cc(CNCCOC2CCCC2)c2c(c1)OCCCO2. The number of nitrogens with one attached hydrogen (secondary N) is 1. The van der Waals surface area contributed by atoms with E-state index in [1.807, 2.05) is 12.1 Å². The number of ether oxygens (including phenoxy) is 3. The molecule has 4 nitrogen and oxygen atoms in total. The van der Waals surface area contributed by atoms with Gasteiger partial charge in [-0.15, -0.1) is 0 Å². The van der Waals surface area contributed by atoms with Crippen LogP contribution in [0.25, 0.3) is 0 Å². The van der Waals surface area contributed by atoms with Gasteiger partial charge in [0.05, 0.1) is 25.9 Å². The minimum absolute atomic E-state index is 0.497. The summed E-state index contributed by atoms with van der Waals surface area (Å²) in [7, 11) is 0.